The minimum atomic E-state index is -0.345. The zero-order chi connectivity index (χ0) is 11.3. The van der Waals surface area contributed by atoms with Gasteiger partial charge in [0.15, 0.2) is 5.84 Å². The number of nitrogens with one attached hydrogen (secondary N) is 1. The number of carbonyl (C=O) groups excluding carboxylic acids is 1. The number of nitrogens with zero attached hydrogens (tertiary/aromatic N) is 1. The summed E-state index contributed by atoms with van der Waals surface area (Å²) in [5.74, 6) is 0.604. The van der Waals surface area contributed by atoms with E-state index in [4.69, 9.17) is 10.9 Å². The maximum absolute atomic E-state index is 11.5. The lowest BCUT2D eigenvalue weighted by Gasteiger charge is -2.25. The molecule has 5 heteroatoms. The second-order valence-electron chi connectivity index (χ2n) is 4.05. The SMILES string of the molecule is CCC(NC(=O)CC1CCC1)C(N)=NO. The van der Waals surface area contributed by atoms with E-state index in [-0.39, 0.29) is 17.8 Å². The molecule has 0 heterocycles. The second kappa shape index (κ2) is 5.58. The average Bonchev–Trinajstić information content (AvgIpc) is 2.19. The van der Waals surface area contributed by atoms with Gasteiger partial charge in [-0.2, -0.15) is 0 Å². The molecule has 0 aromatic heterocycles. The lowest BCUT2D eigenvalue weighted by Crippen LogP contribution is -2.44. The molecular formula is C10H19N3O2. The van der Waals surface area contributed by atoms with E-state index in [0.29, 0.717) is 18.8 Å². The molecule has 0 bridgehead atoms. The van der Waals surface area contributed by atoms with Crippen LogP contribution >= 0.6 is 0 Å². The molecule has 1 atom stereocenters. The molecule has 1 rings (SSSR count). The van der Waals surface area contributed by atoms with Gasteiger partial charge in [0.2, 0.25) is 5.91 Å². The quantitative estimate of drug-likeness (QED) is 0.273. The molecule has 0 spiro atoms. The number of amides is 1. The third kappa shape index (κ3) is 3.42. The number of oxime groups is 1. The molecular weight excluding hydrogens is 194 g/mol. The van der Waals surface area contributed by atoms with E-state index >= 15 is 0 Å². The molecule has 0 aromatic rings. The molecule has 0 aromatic carbocycles. The molecule has 0 aliphatic heterocycles. The van der Waals surface area contributed by atoms with E-state index in [0.717, 1.165) is 12.8 Å². The number of hydrogen-bond acceptors (Lipinski definition) is 3. The molecule has 1 fully saturated rings. The van der Waals surface area contributed by atoms with Gasteiger partial charge >= 0.3 is 0 Å². The van der Waals surface area contributed by atoms with Crippen molar-refractivity contribution in [1.82, 2.24) is 5.32 Å². The van der Waals surface area contributed by atoms with Crippen molar-refractivity contribution in [3.05, 3.63) is 0 Å². The molecule has 4 N–H and O–H groups in total. The summed E-state index contributed by atoms with van der Waals surface area (Å²) in [6.07, 6.45) is 4.72. The molecule has 1 aliphatic rings. The maximum Gasteiger partial charge on any atom is 0.220 e. The van der Waals surface area contributed by atoms with Crippen molar-refractivity contribution in [2.45, 2.75) is 45.1 Å². The van der Waals surface area contributed by atoms with Crippen LogP contribution in [0.3, 0.4) is 0 Å². The Morgan fingerprint density at radius 2 is 2.33 bits per heavy atom. The number of amidine groups is 1. The van der Waals surface area contributed by atoms with E-state index < -0.39 is 0 Å². The van der Waals surface area contributed by atoms with Crippen LogP contribution in [0.2, 0.25) is 0 Å². The first kappa shape index (κ1) is 11.8. The van der Waals surface area contributed by atoms with Crippen molar-refractivity contribution < 1.29 is 10.0 Å². The molecule has 0 radical (unpaired) electrons. The smallest absolute Gasteiger partial charge is 0.220 e. The second-order valence-corrected chi connectivity index (χ2v) is 4.05. The standard InChI is InChI=1S/C10H19N3O2/c1-2-8(10(11)13-15)12-9(14)6-7-4-3-5-7/h7-8,15H,2-6H2,1H3,(H2,11,13)(H,12,14). The fourth-order valence-corrected chi connectivity index (χ4v) is 1.67. The Kier molecular flexibility index (Phi) is 4.39. The number of hydrogen-bond donors (Lipinski definition) is 3. The molecule has 1 aliphatic carbocycles. The van der Waals surface area contributed by atoms with Crippen LogP contribution in [0, 0.1) is 5.92 Å². The van der Waals surface area contributed by atoms with Crippen molar-refractivity contribution in [3.8, 4) is 0 Å². The van der Waals surface area contributed by atoms with Crippen molar-refractivity contribution in [3.63, 3.8) is 0 Å². The number of rotatable bonds is 5. The highest BCUT2D eigenvalue weighted by Gasteiger charge is 2.22. The van der Waals surface area contributed by atoms with Gasteiger partial charge in [0, 0.05) is 6.42 Å². The first-order valence-corrected chi connectivity index (χ1v) is 5.44. The van der Waals surface area contributed by atoms with Crippen LogP contribution < -0.4 is 11.1 Å². The summed E-state index contributed by atoms with van der Waals surface area (Å²) >= 11 is 0. The van der Waals surface area contributed by atoms with Gasteiger partial charge in [0.1, 0.15) is 0 Å². The van der Waals surface area contributed by atoms with Crippen molar-refractivity contribution in [1.29, 1.82) is 0 Å². The predicted molar refractivity (Wildman–Crippen MR) is 57.6 cm³/mol. The van der Waals surface area contributed by atoms with Crippen LogP contribution in [0.25, 0.3) is 0 Å². The van der Waals surface area contributed by atoms with Gasteiger partial charge in [-0.1, -0.05) is 18.5 Å². The minimum absolute atomic E-state index is 0.00171. The van der Waals surface area contributed by atoms with E-state index in [2.05, 4.69) is 10.5 Å². The molecule has 1 unspecified atom stereocenters. The van der Waals surface area contributed by atoms with Crippen LogP contribution in [0.4, 0.5) is 0 Å². The monoisotopic (exact) mass is 213 g/mol. The summed E-state index contributed by atoms with van der Waals surface area (Å²) in [5, 5.41) is 14.2. The number of nitrogens with two attached hydrogens (primary N) is 1. The molecule has 1 amide bonds. The third-order valence-corrected chi connectivity index (χ3v) is 2.91. The van der Waals surface area contributed by atoms with Crippen LogP contribution in [0.5, 0.6) is 0 Å². The highest BCUT2D eigenvalue weighted by molar-refractivity contribution is 5.89. The fourth-order valence-electron chi connectivity index (χ4n) is 1.67. The summed E-state index contributed by atoms with van der Waals surface area (Å²) in [6, 6.07) is -0.345. The Morgan fingerprint density at radius 3 is 2.73 bits per heavy atom. The lowest BCUT2D eigenvalue weighted by molar-refractivity contribution is -0.122. The van der Waals surface area contributed by atoms with E-state index in [9.17, 15) is 4.79 Å². The summed E-state index contributed by atoms with van der Waals surface area (Å²) in [4.78, 5) is 11.5. The topological polar surface area (TPSA) is 87.7 Å². The third-order valence-electron chi connectivity index (χ3n) is 2.91. The largest absolute Gasteiger partial charge is 0.409 e. The summed E-state index contributed by atoms with van der Waals surface area (Å²) < 4.78 is 0. The van der Waals surface area contributed by atoms with E-state index in [1.807, 2.05) is 6.92 Å². The zero-order valence-corrected chi connectivity index (χ0v) is 9.07. The van der Waals surface area contributed by atoms with Crippen LogP contribution in [-0.2, 0) is 4.79 Å². The van der Waals surface area contributed by atoms with Gasteiger partial charge in [-0.3, -0.25) is 4.79 Å². The molecule has 15 heavy (non-hydrogen) atoms. The Balaban J connectivity index is 2.33. The summed E-state index contributed by atoms with van der Waals surface area (Å²) in [7, 11) is 0. The number of carbonyl (C=O) groups is 1. The average molecular weight is 213 g/mol. The van der Waals surface area contributed by atoms with Crippen LogP contribution in [-0.4, -0.2) is 23.0 Å². The van der Waals surface area contributed by atoms with E-state index in [1.54, 1.807) is 0 Å². The van der Waals surface area contributed by atoms with Gasteiger partial charge in [0.25, 0.3) is 0 Å². The van der Waals surface area contributed by atoms with Gasteiger partial charge in [-0.05, 0) is 25.2 Å². The Bertz CT molecular complexity index is 249. The Hall–Kier alpha value is -1.26. The molecule has 0 saturated heterocycles. The Morgan fingerprint density at radius 1 is 1.67 bits per heavy atom. The zero-order valence-electron chi connectivity index (χ0n) is 9.07. The Labute approximate surface area is 89.7 Å². The van der Waals surface area contributed by atoms with Gasteiger partial charge in [0.05, 0.1) is 6.04 Å². The van der Waals surface area contributed by atoms with Crippen molar-refractivity contribution in [2.24, 2.45) is 16.8 Å². The highest BCUT2D eigenvalue weighted by atomic mass is 16.4. The summed E-state index contributed by atoms with van der Waals surface area (Å²) in [5.41, 5.74) is 5.44. The van der Waals surface area contributed by atoms with Crippen molar-refractivity contribution >= 4 is 11.7 Å². The van der Waals surface area contributed by atoms with Gasteiger partial charge in [-0.15, -0.1) is 0 Å². The van der Waals surface area contributed by atoms with Crippen LogP contribution in [0.1, 0.15) is 39.0 Å². The predicted octanol–water partition coefficient (Wildman–Crippen LogP) is 0.818. The highest BCUT2D eigenvalue weighted by Crippen LogP contribution is 2.29. The molecule has 5 nitrogen and oxygen atoms in total. The van der Waals surface area contributed by atoms with Crippen molar-refractivity contribution in [2.75, 3.05) is 0 Å². The lowest BCUT2D eigenvalue weighted by atomic mass is 9.83. The summed E-state index contributed by atoms with van der Waals surface area (Å²) in [6.45, 7) is 1.88. The first-order valence-electron chi connectivity index (χ1n) is 5.44. The molecule has 86 valence electrons. The van der Waals surface area contributed by atoms with Crippen LogP contribution in [0.15, 0.2) is 5.16 Å². The maximum atomic E-state index is 11.5. The minimum Gasteiger partial charge on any atom is -0.409 e. The fraction of sp³-hybridized carbons (Fsp3) is 0.800. The first-order chi connectivity index (χ1) is 7.17. The normalized spacial score (nSPS) is 19.4. The van der Waals surface area contributed by atoms with E-state index in [1.165, 1.54) is 6.42 Å². The van der Waals surface area contributed by atoms with Gasteiger partial charge < -0.3 is 16.3 Å². The van der Waals surface area contributed by atoms with Gasteiger partial charge in [-0.25, -0.2) is 0 Å². The molecule has 1 saturated carbocycles.